The number of fused-ring (bicyclic) bond motifs is 1. The predicted molar refractivity (Wildman–Crippen MR) is 115 cm³/mol. The zero-order valence-corrected chi connectivity index (χ0v) is 16.9. The Labute approximate surface area is 170 Å². The van der Waals surface area contributed by atoms with Gasteiger partial charge < -0.3 is 14.8 Å². The van der Waals surface area contributed by atoms with Crippen molar-refractivity contribution in [2.24, 2.45) is 13.0 Å². The summed E-state index contributed by atoms with van der Waals surface area (Å²) in [4.78, 5) is 32.0. The van der Waals surface area contributed by atoms with Crippen LogP contribution in [0.1, 0.15) is 24.0 Å². The molecule has 4 rings (SSSR count). The van der Waals surface area contributed by atoms with E-state index in [1.165, 1.54) is 5.56 Å². The molecular formula is C23H26N4O2. The Morgan fingerprint density at radius 3 is 2.66 bits per heavy atom. The summed E-state index contributed by atoms with van der Waals surface area (Å²) in [5.74, 6) is 0.538. The van der Waals surface area contributed by atoms with Crippen LogP contribution in [0, 0.1) is 12.8 Å². The van der Waals surface area contributed by atoms with E-state index >= 15 is 0 Å². The summed E-state index contributed by atoms with van der Waals surface area (Å²) in [6, 6.07) is 15.8. The molecule has 1 amide bonds. The van der Waals surface area contributed by atoms with Gasteiger partial charge in [-0.2, -0.15) is 0 Å². The third kappa shape index (κ3) is 4.01. The molecule has 3 aromatic rings. The fraction of sp³-hybridized carbons (Fsp3) is 0.348. The molecule has 6 nitrogen and oxygen atoms in total. The van der Waals surface area contributed by atoms with Gasteiger partial charge in [-0.15, -0.1) is 0 Å². The standard InChI is InChI=1S/C23H26N4O2/c1-16-6-5-7-17(14-16)15-24-22(28)18-10-12-27(13-11-18)21-23(29)26(2)20-9-4-3-8-19(20)25-21/h3-9,14,18H,10-13,15H2,1-2H3,(H,24,28). The van der Waals surface area contributed by atoms with Crippen molar-refractivity contribution in [2.75, 3.05) is 18.0 Å². The van der Waals surface area contributed by atoms with E-state index in [0.29, 0.717) is 25.5 Å². The molecule has 1 aliphatic heterocycles. The van der Waals surface area contributed by atoms with Crippen LogP contribution in [0.4, 0.5) is 5.82 Å². The monoisotopic (exact) mass is 390 g/mol. The van der Waals surface area contributed by atoms with Gasteiger partial charge in [0.05, 0.1) is 11.0 Å². The highest BCUT2D eigenvalue weighted by atomic mass is 16.2. The second kappa shape index (κ2) is 8.07. The van der Waals surface area contributed by atoms with E-state index < -0.39 is 0 Å². The Bertz CT molecular complexity index is 1100. The van der Waals surface area contributed by atoms with E-state index in [-0.39, 0.29) is 17.4 Å². The minimum atomic E-state index is -0.0916. The molecule has 1 saturated heterocycles. The first kappa shape index (κ1) is 19.2. The lowest BCUT2D eigenvalue weighted by atomic mass is 9.96. The summed E-state index contributed by atoms with van der Waals surface area (Å²) in [6.07, 6.45) is 1.44. The molecule has 2 heterocycles. The predicted octanol–water partition coefficient (Wildman–Crippen LogP) is 2.77. The number of hydrogen-bond donors (Lipinski definition) is 1. The van der Waals surface area contributed by atoms with Crippen molar-refractivity contribution < 1.29 is 4.79 Å². The van der Waals surface area contributed by atoms with Crippen molar-refractivity contribution in [2.45, 2.75) is 26.3 Å². The summed E-state index contributed by atoms with van der Waals surface area (Å²) < 4.78 is 1.65. The smallest absolute Gasteiger partial charge is 0.293 e. The largest absolute Gasteiger partial charge is 0.352 e. The molecule has 0 bridgehead atoms. The second-order valence-electron chi connectivity index (χ2n) is 7.76. The maximum absolute atomic E-state index is 12.8. The van der Waals surface area contributed by atoms with Crippen molar-refractivity contribution in [1.82, 2.24) is 14.9 Å². The lowest BCUT2D eigenvalue weighted by Gasteiger charge is -2.32. The van der Waals surface area contributed by atoms with Crippen LogP contribution >= 0.6 is 0 Å². The first-order chi connectivity index (χ1) is 14.0. The van der Waals surface area contributed by atoms with Crippen LogP contribution in [-0.2, 0) is 18.4 Å². The number of aryl methyl sites for hydroxylation is 2. The molecule has 0 atom stereocenters. The Balaban J connectivity index is 1.40. The molecule has 29 heavy (non-hydrogen) atoms. The molecule has 0 unspecified atom stereocenters. The number of nitrogens with one attached hydrogen (secondary N) is 1. The fourth-order valence-electron chi connectivity index (χ4n) is 3.98. The summed E-state index contributed by atoms with van der Waals surface area (Å²) >= 11 is 0. The van der Waals surface area contributed by atoms with Gasteiger partial charge in [0.15, 0.2) is 5.82 Å². The van der Waals surface area contributed by atoms with Gasteiger partial charge in [0.25, 0.3) is 5.56 Å². The number of hydrogen-bond acceptors (Lipinski definition) is 4. The fourth-order valence-corrected chi connectivity index (χ4v) is 3.98. The number of nitrogens with zero attached hydrogens (tertiary/aromatic N) is 3. The van der Waals surface area contributed by atoms with Crippen molar-refractivity contribution in [3.8, 4) is 0 Å². The number of anilines is 1. The van der Waals surface area contributed by atoms with Crippen molar-refractivity contribution in [3.63, 3.8) is 0 Å². The highest BCUT2D eigenvalue weighted by Gasteiger charge is 2.27. The van der Waals surface area contributed by atoms with Gasteiger partial charge in [0.1, 0.15) is 0 Å². The number of benzene rings is 2. The van der Waals surface area contributed by atoms with Crippen molar-refractivity contribution >= 4 is 22.8 Å². The average Bonchev–Trinajstić information content (AvgIpc) is 2.75. The van der Waals surface area contributed by atoms with Gasteiger partial charge in [-0.1, -0.05) is 42.0 Å². The minimum Gasteiger partial charge on any atom is -0.352 e. The van der Waals surface area contributed by atoms with Crippen LogP contribution in [0.3, 0.4) is 0 Å². The molecule has 1 fully saturated rings. The Hall–Kier alpha value is -3.15. The average molecular weight is 390 g/mol. The molecule has 0 spiro atoms. The molecule has 150 valence electrons. The molecule has 1 aromatic heterocycles. The van der Waals surface area contributed by atoms with Gasteiger partial charge in [0.2, 0.25) is 5.91 Å². The molecule has 6 heteroatoms. The number of amides is 1. The quantitative estimate of drug-likeness (QED) is 0.744. The third-order valence-corrected chi connectivity index (χ3v) is 5.68. The maximum atomic E-state index is 12.8. The van der Waals surface area contributed by atoms with E-state index in [1.54, 1.807) is 11.6 Å². The summed E-state index contributed by atoms with van der Waals surface area (Å²) in [5, 5.41) is 3.06. The molecule has 2 aromatic carbocycles. The molecule has 0 radical (unpaired) electrons. The molecule has 1 aliphatic rings. The lowest BCUT2D eigenvalue weighted by molar-refractivity contribution is -0.125. The van der Waals surface area contributed by atoms with Crippen molar-refractivity contribution in [1.29, 1.82) is 0 Å². The molecular weight excluding hydrogens is 364 g/mol. The second-order valence-corrected chi connectivity index (χ2v) is 7.76. The normalized spacial score (nSPS) is 14.9. The van der Waals surface area contributed by atoms with Gasteiger partial charge in [-0.25, -0.2) is 4.98 Å². The highest BCUT2D eigenvalue weighted by molar-refractivity contribution is 5.79. The van der Waals surface area contributed by atoms with Crippen LogP contribution in [0.5, 0.6) is 0 Å². The van der Waals surface area contributed by atoms with Crippen LogP contribution in [0.2, 0.25) is 0 Å². The summed E-state index contributed by atoms with van der Waals surface area (Å²) in [5.41, 5.74) is 3.84. The third-order valence-electron chi connectivity index (χ3n) is 5.68. The molecule has 1 N–H and O–H groups in total. The molecule has 0 aliphatic carbocycles. The maximum Gasteiger partial charge on any atom is 0.293 e. The van der Waals surface area contributed by atoms with E-state index in [1.807, 2.05) is 54.3 Å². The summed E-state index contributed by atoms with van der Waals surface area (Å²) in [7, 11) is 1.78. The first-order valence-corrected chi connectivity index (χ1v) is 10.1. The van der Waals surface area contributed by atoms with Crippen LogP contribution in [-0.4, -0.2) is 28.5 Å². The number of para-hydroxylation sites is 2. The Kier molecular flexibility index (Phi) is 5.34. The van der Waals surface area contributed by atoms with E-state index in [2.05, 4.69) is 16.4 Å². The SMILES string of the molecule is Cc1cccc(CNC(=O)C2CCN(c3nc4ccccc4n(C)c3=O)CC2)c1. The zero-order chi connectivity index (χ0) is 20.4. The van der Waals surface area contributed by atoms with Gasteiger partial charge in [0, 0.05) is 32.6 Å². The molecule has 0 saturated carbocycles. The van der Waals surface area contributed by atoms with E-state index in [4.69, 9.17) is 0 Å². The Morgan fingerprint density at radius 2 is 1.90 bits per heavy atom. The van der Waals surface area contributed by atoms with Crippen LogP contribution < -0.4 is 15.8 Å². The zero-order valence-electron chi connectivity index (χ0n) is 16.9. The van der Waals surface area contributed by atoms with Gasteiger partial charge >= 0.3 is 0 Å². The topological polar surface area (TPSA) is 67.2 Å². The van der Waals surface area contributed by atoms with Gasteiger partial charge in [-0.3, -0.25) is 9.59 Å². The summed E-state index contributed by atoms with van der Waals surface area (Å²) in [6.45, 7) is 3.91. The van der Waals surface area contributed by atoms with Gasteiger partial charge in [-0.05, 0) is 37.5 Å². The van der Waals surface area contributed by atoms with Crippen molar-refractivity contribution in [3.05, 3.63) is 70.0 Å². The number of rotatable bonds is 4. The van der Waals surface area contributed by atoms with E-state index in [9.17, 15) is 9.59 Å². The Morgan fingerprint density at radius 1 is 1.14 bits per heavy atom. The number of carbonyl (C=O) groups is 1. The number of aromatic nitrogens is 2. The number of carbonyl (C=O) groups excluding carboxylic acids is 1. The lowest BCUT2D eigenvalue weighted by Crippen LogP contribution is -2.43. The van der Waals surface area contributed by atoms with Crippen LogP contribution in [0.15, 0.2) is 53.3 Å². The van der Waals surface area contributed by atoms with E-state index in [0.717, 1.165) is 29.4 Å². The number of piperidine rings is 1. The first-order valence-electron chi connectivity index (χ1n) is 10.1. The van der Waals surface area contributed by atoms with Crippen LogP contribution in [0.25, 0.3) is 11.0 Å². The minimum absolute atomic E-state index is 0.0274. The highest BCUT2D eigenvalue weighted by Crippen LogP contribution is 2.22.